The van der Waals surface area contributed by atoms with Crippen molar-refractivity contribution in [2.75, 3.05) is 18.8 Å². The molecule has 2 atom stereocenters. The summed E-state index contributed by atoms with van der Waals surface area (Å²) in [6.07, 6.45) is 3.56. The van der Waals surface area contributed by atoms with E-state index in [2.05, 4.69) is 30.6 Å². The SMILES string of the molecule is Nc1nc(/C(=N/OC2(C(=O)O)CC2)C(=O)NC2C(=O)N(S(=O)(=O)O)C2Cn2ncc(CN3CCC(N)CC3)n2)cs1. The lowest BCUT2D eigenvalue weighted by atomic mass is 9.98. The molecule has 0 radical (unpaired) electrons. The topological polar surface area (TPSA) is 262 Å². The van der Waals surface area contributed by atoms with Crippen LogP contribution in [0.5, 0.6) is 0 Å². The standard InChI is InChI=1S/C21H28N10O8S2/c22-11-1-5-29(6-2-11)8-12-7-24-30(27-12)9-14-16(18(33)31(14)41(36,37)38)26-17(32)15(13-10-40-20(23)25-13)28-39-21(3-4-21)19(34)35/h7,10-11,14,16H,1-6,8-9,22H2,(H2,23,25)(H,26,32)(H,34,35)(H,36,37,38)/b28-15-. The number of nitrogens with zero attached hydrogens (tertiary/aromatic N) is 7. The number of carbonyl (C=O) groups is 3. The number of nitrogen functional groups attached to an aromatic ring is 1. The van der Waals surface area contributed by atoms with E-state index in [1.165, 1.54) is 16.4 Å². The minimum Gasteiger partial charge on any atom is -0.478 e. The molecule has 2 unspecified atom stereocenters. The van der Waals surface area contributed by atoms with Crippen molar-refractivity contribution in [3.63, 3.8) is 0 Å². The number of carboxylic acid groups (broad SMARTS) is 1. The van der Waals surface area contributed by atoms with Gasteiger partial charge in [-0.05, 0) is 12.8 Å². The zero-order valence-corrected chi connectivity index (χ0v) is 23.1. The molecular formula is C21H28N10O8S2. The average molecular weight is 613 g/mol. The van der Waals surface area contributed by atoms with Gasteiger partial charge in [0.25, 0.3) is 11.8 Å². The molecule has 18 nitrogen and oxygen atoms in total. The molecule has 2 aromatic heterocycles. The predicted molar refractivity (Wildman–Crippen MR) is 140 cm³/mol. The molecule has 1 aliphatic carbocycles. The van der Waals surface area contributed by atoms with Gasteiger partial charge in [-0.3, -0.25) is 19.0 Å². The third kappa shape index (κ3) is 6.15. The normalized spacial score (nSPS) is 23.2. The first-order valence-corrected chi connectivity index (χ1v) is 14.8. The molecule has 0 aromatic carbocycles. The predicted octanol–water partition coefficient (Wildman–Crippen LogP) is -2.22. The zero-order chi connectivity index (χ0) is 29.5. The molecule has 2 aromatic rings. The second-order valence-electron chi connectivity index (χ2n) is 10.0. The molecular weight excluding hydrogens is 584 g/mol. The van der Waals surface area contributed by atoms with Crippen LogP contribution in [0.4, 0.5) is 5.13 Å². The number of amides is 2. The first kappa shape index (κ1) is 28.8. The Morgan fingerprint density at radius 1 is 1.29 bits per heavy atom. The van der Waals surface area contributed by atoms with Crippen molar-refractivity contribution in [1.82, 2.24) is 34.5 Å². The highest BCUT2D eigenvalue weighted by Crippen LogP contribution is 2.40. The minimum absolute atomic E-state index is 0.0433. The van der Waals surface area contributed by atoms with E-state index < -0.39 is 51.5 Å². The number of hydrogen-bond acceptors (Lipinski definition) is 14. The number of carboxylic acids is 1. The lowest BCUT2D eigenvalue weighted by Crippen LogP contribution is -2.73. The lowest BCUT2D eigenvalue weighted by molar-refractivity contribution is -0.153. The number of likely N-dealkylation sites (tertiary alicyclic amines) is 1. The van der Waals surface area contributed by atoms with E-state index in [-0.39, 0.29) is 40.6 Å². The Hall–Kier alpha value is -3.72. The van der Waals surface area contributed by atoms with Crippen molar-refractivity contribution in [1.29, 1.82) is 0 Å². The monoisotopic (exact) mass is 612 g/mol. The zero-order valence-electron chi connectivity index (χ0n) is 21.5. The van der Waals surface area contributed by atoms with Crippen LogP contribution >= 0.6 is 11.3 Å². The van der Waals surface area contributed by atoms with Gasteiger partial charge in [0.2, 0.25) is 5.60 Å². The molecule has 2 amide bonds. The number of nitrogens with two attached hydrogens (primary N) is 2. The fraction of sp³-hybridized carbons (Fsp3) is 0.571. The highest BCUT2D eigenvalue weighted by atomic mass is 32.2. The van der Waals surface area contributed by atoms with Crippen LogP contribution in [0.25, 0.3) is 0 Å². The van der Waals surface area contributed by atoms with Crippen molar-refractivity contribution in [3.05, 3.63) is 23.0 Å². The minimum atomic E-state index is -4.98. The molecule has 0 bridgehead atoms. The van der Waals surface area contributed by atoms with Crippen LogP contribution in [0.3, 0.4) is 0 Å². The summed E-state index contributed by atoms with van der Waals surface area (Å²) in [5.41, 5.74) is 10.1. The molecule has 20 heteroatoms. The van der Waals surface area contributed by atoms with Gasteiger partial charge >= 0.3 is 16.3 Å². The van der Waals surface area contributed by atoms with Crippen molar-refractivity contribution in [2.45, 2.75) is 62.5 Å². The summed E-state index contributed by atoms with van der Waals surface area (Å²) >= 11 is 0.982. The number of thiazole rings is 1. The van der Waals surface area contributed by atoms with Crippen molar-refractivity contribution < 1.29 is 37.3 Å². The third-order valence-corrected chi connectivity index (χ3v) is 8.66. The molecule has 0 spiro atoms. The van der Waals surface area contributed by atoms with Gasteiger partial charge in [-0.25, -0.2) is 14.1 Å². The number of oxime groups is 1. The van der Waals surface area contributed by atoms with E-state index in [9.17, 15) is 32.5 Å². The van der Waals surface area contributed by atoms with Crippen LogP contribution in [0.2, 0.25) is 0 Å². The summed E-state index contributed by atoms with van der Waals surface area (Å²) in [4.78, 5) is 49.9. The second-order valence-corrected chi connectivity index (χ2v) is 12.2. The second kappa shape index (κ2) is 10.9. The molecule has 2 saturated heterocycles. The van der Waals surface area contributed by atoms with Gasteiger partial charge in [-0.1, -0.05) is 5.16 Å². The Labute approximate surface area is 237 Å². The third-order valence-electron chi connectivity index (χ3n) is 7.04. The van der Waals surface area contributed by atoms with E-state index in [1.54, 1.807) is 0 Å². The van der Waals surface area contributed by atoms with Crippen LogP contribution in [0, 0.1) is 0 Å². The number of hydrogen-bond donors (Lipinski definition) is 5. The Bertz CT molecular complexity index is 1480. The van der Waals surface area contributed by atoms with Crippen molar-refractivity contribution in [2.24, 2.45) is 10.9 Å². The first-order chi connectivity index (χ1) is 19.4. The summed E-state index contributed by atoms with van der Waals surface area (Å²) in [5, 5.41) is 25.4. The van der Waals surface area contributed by atoms with Gasteiger partial charge in [0.05, 0.1) is 18.4 Å². The van der Waals surface area contributed by atoms with E-state index in [1.807, 2.05) is 0 Å². The van der Waals surface area contributed by atoms with Crippen LogP contribution in [-0.2, 0) is 42.6 Å². The fourth-order valence-corrected chi connectivity index (χ4v) is 5.96. The first-order valence-electron chi connectivity index (χ1n) is 12.6. The number of rotatable bonds is 11. The molecule has 4 heterocycles. The highest BCUT2D eigenvalue weighted by Gasteiger charge is 2.56. The maximum Gasteiger partial charge on any atom is 0.362 e. The quantitative estimate of drug-likeness (QED) is 0.0779. The van der Waals surface area contributed by atoms with Gasteiger partial charge in [-0.15, -0.1) is 11.3 Å². The summed E-state index contributed by atoms with van der Waals surface area (Å²) in [5.74, 6) is -3.37. The van der Waals surface area contributed by atoms with E-state index in [4.69, 9.17) is 16.3 Å². The molecule has 222 valence electrons. The van der Waals surface area contributed by atoms with Crippen molar-refractivity contribution >= 4 is 50.3 Å². The van der Waals surface area contributed by atoms with Crippen molar-refractivity contribution in [3.8, 4) is 0 Å². The average Bonchev–Trinajstić information content (AvgIpc) is 3.38. The summed E-state index contributed by atoms with van der Waals surface area (Å²) < 4.78 is 33.8. The number of aromatic nitrogens is 4. The maximum atomic E-state index is 13.2. The van der Waals surface area contributed by atoms with Gasteiger partial charge in [-0.2, -0.15) is 23.4 Å². The number of aliphatic carboxylic acids is 1. The summed E-state index contributed by atoms with van der Waals surface area (Å²) in [6, 6.07) is -2.56. The number of carbonyl (C=O) groups excluding carboxylic acids is 2. The Kier molecular flexibility index (Phi) is 7.68. The smallest absolute Gasteiger partial charge is 0.362 e. The molecule has 5 rings (SSSR count). The molecule has 3 aliphatic rings. The molecule has 1 saturated carbocycles. The number of anilines is 1. The van der Waals surface area contributed by atoms with Crippen LogP contribution < -0.4 is 16.8 Å². The van der Waals surface area contributed by atoms with Gasteiger partial charge < -0.3 is 26.7 Å². The van der Waals surface area contributed by atoms with Gasteiger partial charge in [0.15, 0.2) is 10.8 Å². The Morgan fingerprint density at radius 3 is 2.59 bits per heavy atom. The Morgan fingerprint density at radius 2 is 2.00 bits per heavy atom. The fourth-order valence-electron chi connectivity index (χ4n) is 4.54. The number of nitrogens with one attached hydrogen (secondary N) is 1. The van der Waals surface area contributed by atoms with Crippen LogP contribution in [-0.4, -0.2) is 108 Å². The summed E-state index contributed by atoms with van der Waals surface area (Å²) in [7, 11) is -4.98. The van der Waals surface area contributed by atoms with E-state index >= 15 is 0 Å². The number of β-lactam (4-membered cyclic amide) rings is 1. The van der Waals surface area contributed by atoms with Crippen LogP contribution in [0.15, 0.2) is 16.7 Å². The van der Waals surface area contributed by atoms with Crippen LogP contribution in [0.1, 0.15) is 37.1 Å². The van der Waals surface area contributed by atoms with Gasteiger partial charge in [0.1, 0.15) is 17.8 Å². The van der Waals surface area contributed by atoms with E-state index in [0.717, 1.165) is 37.3 Å². The molecule has 7 N–H and O–H groups in total. The molecule has 2 aliphatic heterocycles. The largest absolute Gasteiger partial charge is 0.478 e. The Balaban J connectivity index is 1.32. The number of piperidine rings is 1. The summed E-state index contributed by atoms with van der Waals surface area (Å²) in [6.45, 7) is 1.80. The van der Waals surface area contributed by atoms with E-state index in [0.29, 0.717) is 12.2 Å². The highest BCUT2D eigenvalue weighted by molar-refractivity contribution is 7.84. The van der Waals surface area contributed by atoms with Gasteiger partial charge in [0, 0.05) is 43.9 Å². The lowest BCUT2D eigenvalue weighted by Gasteiger charge is -2.43. The molecule has 3 fully saturated rings. The molecule has 41 heavy (non-hydrogen) atoms. The maximum absolute atomic E-state index is 13.2.